The van der Waals surface area contributed by atoms with Gasteiger partial charge in [0.25, 0.3) is 0 Å². The number of hydrogen-bond donors (Lipinski definition) is 1. The smallest absolute Gasteiger partial charge is 0.309 e. The number of benzene rings is 1. The van der Waals surface area contributed by atoms with Crippen molar-refractivity contribution in [1.82, 2.24) is 9.38 Å². The van der Waals surface area contributed by atoms with Crippen molar-refractivity contribution in [3.05, 3.63) is 35.0 Å². The van der Waals surface area contributed by atoms with Crippen LogP contribution in [0, 0.1) is 0 Å². The van der Waals surface area contributed by atoms with E-state index in [2.05, 4.69) is 0 Å². The zero-order valence-electron chi connectivity index (χ0n) is 13.7. The van der Waals surface area contributed by atoms with Crippen molar-refractivity contribution in [1.29, 1.82) is 0 Å². The number of methoxy groups -OCH3 is 2. The van der Waals surface area contributed by atoms with Gasteiger partial charge in [-0.1, -0.05) is 6.92 Å². The summed E-state index contributed by atoms with van der Waals surface area (Å²) in [5, 5.41) is 11.0. The number of aliphatic carboxylic acids is 1. The molecule has 0 aliphatic rings. The molecule has 3 rings (SSSR count). The molecule has 126 valence electrons. The number of ether oxygens (including phenoxy) is 2. The highest BCUT2D eigenvalue weighted by Gasteiger charge is 2.19. The van der Waals surface area contributed by atoms with E-state index in [4.69, 9.17) is 19.6 Å². The van der Waals surface area contributed by atoms with Crippen molar-refractivity contribution < 1.29 is 19.4 Å². The topological polar surface area (TPSA) is 73.1 Å². The Morgan fingerprint density at radius 1 is 1.29 bits per heavy atom. The molecular weight excluding hydrogens is 328 g/mol. The van der Waals surface area contributed by atoms with Gasteiger partial charge in [-0.25, -0.2) is 4.98 Å². The molecule has 1 N–H and O–H groups in total. The first-order chi connectivity index (χ1) is 11.6. The molecule has 0 aliphatic carbocycles. The van der Waals surface area contributed by atoms with E-state index in [0.29, 0.717) is 11.5 Å². The third-order valence-corrected chi connectivity index (χ3v) is 4.73. The number of fused-ring (bicyclic) bond motifs is 1. The number of carboxylic acid groups (broad SMARTS) is 1. The number of imidazole rings is 1. The molecule has 2 heterocycles. The molecule has 0 spiro atoms. The predicted molar refractivity (Wildman–Crippen MR) is 92.3 cm³/mol. The van der Waals surface area contributed by atoms with E-state index < -0.39 is 5.97 Å². The average Bonchev–Trinajstić information content (AvgIpc) is 3.13. The van der Waals surface area contributed by atoms with Crippen LogP contribution in [0.15, 0.2) is 23.6 Å². The van der Waals surface area contributed by atoms with Gasteiger partial charge in [0.15, 0.2) is 16.5 Å². The third kappa shape index (κ3) is 2.71. The Morgan fingerprint density at radius 3 is 2.67 bits per heavy atom. The molecule has 1 aromatic carbocycles. The Kier molecular flexibility index (Phi) is 4.44. The van der Waals surface area contributed by atoms with Gasteiger partial charge in [-0.3, -0.25) is 9.20 Å². The maximum absolute atomic E-state index is 11.1. The van der Waals surface area contributed by atoms with Crippen LogP contribution in [0.3, 0.4) is 0 Å². The quantitative estimate of drug-likeness (QED) is 0.741. The second-order valence-electron chi connectivity index (χ2n) is 5.25. The lowest BCUT2D eigenvalue weighted by atomic mass is 10.1. The molecule has 0 amide bonds. The summed E-state index contributed by atoms with van der Waals surface area (Å²) in [7, 11) is 3.19. The first kappa shape index (κ1) is 16.3. The van der Waals surface area contributed by atoms with E-state index in [1.807, 2.05) is 34.9 Å². The van der Waals surface area contributed by atoms with Gasteiger partial charge in [-0.15, -0.1) is 11.3 Å². The summed E-state index contributed by atoms with van der Waals surface area (Å²) in [6.07, 6.45) is 0.725. The molecule has 24 heavy (non-hydrogen) atoms. The maximum Gasteiger partial charge on any atom is 0.309 e. The Hall–Kier alpha value is -2.54. The van der Waals surface area contributed by atoms with E-state index in [1.165, 1.54) is 11.3 Å². The highest BCUT2D eigenvalue weighted by molar-refractivity contribution is 7.15. The van der Waals surface area contributed by atoms with Crippen LogP contribution in [0.5, 0.6) is 11.5 Å². The molecule has 0 unspecified atom stereocenters. The van der Waals surface area contributed by atoms with Crippen LogP contribution in [0.1, 0.15) is 18.3 Å². The fourth-order valence-electron chi connectivity index (χ4n) is 2.80. The zero-order chi connectivity index (χ0) is 17.3. The van der Waals surface area contributed by atoms with E-state index in [-0.39, 0.29) is 6.42 Å². The number of rotatable bonds is 6. The second-order valence-corrected chi connectivity index (χ2v) is 6.08. The van der Waals surface area contributed by atoms with Gasteiger partial charge in [0.1, 0.15) is 0 Å². The number of aromatic nitrogens is 2. The molecule has 0 radical (unpaired) electrons. The number of thiazole rings is 1. The zero-order valence-corrected chi connectivity index (χ0v) is 14.5. The monoisotopic (exact) mass is 346 g/mol. The Morgan fingerprint density at radius 2 is 2.04 bits per heavy atom. The third-order valence-electron chi connectivity index (χ3n) is 3.85. The van der Waals surface area contributed by atoms with E-state index in [9.17, 15) is 4.79 Å². The molecular formula is C17H18N2O4S. The number of carbonyl (C=O) groups is 1. The predicted octanol–water partition coefficient (Wildman–Crippen LogP) is 3.27. The SMILES string of the molecule is CCc1c(-c2ccc(OC)c(OC)c2)nc2scc(CC(=O)O)n12. The molecule has 0 aliphatic heterocycles. The molecule has 7 heteroatoms. The van der Waals surface area contributed by atoms with Crippen LogP contribution in [0.2, 0.25) is 0 Å². The van der Waals surface area contributed by atoms with Crippen LogP contribution >= 0.6 is 11.3 Å². The molecule has 3 aromatic rings. The molecule has 0 saturated heterocycles. The second kappa shape index (κ2) is 6.52. The van der Waals surface area contributed by atoms with Crippen molar-refractivity contribution in [3.8, 4) is 22.8 Å². The van der Waals surface area contributed by atoms with Crippen molar-refractivity contribution >= 4 is 22.3 Å². The summed E-state index contributed by atoms with van der Waals surface area (Å²) in [5.41, 5.74) is 3.51. The highest BCUT2D eigenvalue weighted by Crippen LogP contribution is 2.35. The molecule has 0 atom stereocenters. The Labute approximate surface area is 143 Å². The summed E-state index contributed by atoms with van der Waals surface area (Å²) in [6.45, 7) is 2.04. The largest absolute Gasteiger partial charge is 0.493 e. The van der Waals surface area contributed by atoms with Crippen molar-refractivity contribution in [2.24, 2.45) is 0 Å². The van der Waals surface area contributed by atoms with Crippen LogP contribution in [0.4, 0.5) is 0 Å². The molecule has 2 aromatic heterocycles. The summed E-state index contributed by atoms with van der Waals surface area (Å²) >= 11 is 1.45. The first-order valence-electron chi connectivity index (χ1n) is 7.50. The lowest BCUT2D eigenvalue weighted by Gasteiger charge is -2.09. The standard InChI is InChI=1S/C17H18N2O4S/c1-4-12-16(10-5-6-13(22-2)14(7-10)23-3)18-17-19(12)11(9-24-17)8-15(20)21/h5-7,9H,4,8H2,1-3H3,(H,20,21). The van der Waals surface area contributed by atoms with Gasteiger partial charge >= 0.3 is 5.97 Å². The van der Waals surface area contributed by atoms with E-state index in [0.717, 1.165) is 34.0 Å². The van der Waals surface area contributed by atoms with Crippen LogP contribution in [0.25, 0.3) is 16.2 Å². The van der Waals surface area contributed by atoms with Gasteiger partial charge in [0.05, 0.1) is 32.0 Å². The van der Waals surface area contributed by atoms with Gasteiger partial charge in [0.2, 0.25) is 0 Å². The average molecular weight is 346 g/mol. The lowest BCUT2D eigenvalue weighted by molar-refractivity contribution is -0.136. The van der Waals surface area contributed by atoms with E-state index >= 15 is 0 Å². The van der Waals surface area contributed by atoms with Crippen molar-refractivity contribution in [2.75, 3.05) is 14.2 Å². The number of carboxylic acids is 1. The van der Waals surface area contributed by atoms with Gasteiger partial charge in [0, 0.05) is 16.6 Å². The van der Waals surface area contributed by atoms with Crippen LogP contribution < -0.4 is 9.47 Å². The number of aryl methyl sites for hydroxylation is 1. The molecule has 0 bridgehead atoms. The summed E-state index contributed by atoms with van der Waals surface area (Å²) in [5.74, 6) is 0.448. The number of nitrogens with zero attached hydrogens (tertiary/aromatic N) is 2. The minimum Gasteiger partial charge on any atom is -0.493 e. The Bertz CT molecular complexity index is 898. The molecule has 0 fully saturated rings. The molecule has 6 nitrogen and oxygen atoms in total. The van der Waals surface area contributed by atoms with Crippen molar-refractivity contribution in [3.63, 3.8) is 0 Å². The molecule has 0 saturated carbocycles. The summed E-state index contributed by atoms with van der Waals surface area (Å²) in [4.78, 5) is 16.6. The normalized spacial score (nSPS) is 11.0. The Balaban J connectivity index is 2.16. The van der Waals surface area contributed by atoms with Gasteiger partial charge in [-0.05, 0) is 24.6 Å². The highest BCUT2D eigenvalue weighted by atomic mass is 32.1. The minimum atomic E-state index is -0.849. The number of hydrogen-bond acceptors (Lipinski definition) is 5. The van der Waals surface area contributed by atoms with Crippen molar-refractivity contribution in [2.45, 2.75) is 19.8 Å². The van der Waals surface area contributed by atoms with Crippen LogP contribution in [-0.4, -0.2) is 34.7 Å². The first-order valence-corrected chi connectivity index (χ1v) is 8.38. The summed E-state index contributed by atoms with van der Waals surface area (Å²) < 4.78 is 12.6. The van der Waals surface area contributed by atoms with Gasteiger partial charge in [-0.2, -0.15) is 0 Å². The summed E-state index contributed by atoms with van der Waals surface area (Å²) in [6, 6.07) is 5.67. The van der Waals surface area contributed by atoms with E-state index in [1.54, 1.807) is 14.2 Å². The lowest BCUT2D eigenvalue weighted by Crippen LogP contribution is -2.04. The van der Waals surface area contributed by atoms with Gasteiger partial charge < -0.3 is 14.6 Å². The fraction of sp³-hybridized carbons (Fsp3) is 0.294. The fourth-order valence-corrected chi connectivity index (χ4v) is 3.70. The minimum absolute atomic E-state index is 0.0191. The van der Waals surface area contributed by atoms with Crippen LogP contribution in [-0.2, 0) is 17.6 Å². The maximum atomic E-state index is 11.1.